The quantitative estimate of drug-likeness (QED) is 0.701. The van der Waals surface area contributed by atoms with E-state index in [9.17, 15) is 9.59 Å². The molecule has 18 heavy (non-hydrogen) atoms. The van der Waals surface area contributed by atoms with E-state index < -0.39 is 5.97 Å². The molecule has 3 N–H and O–H groups in total. The molecule has 2 amide bonds. The molecule has 2 atom stereocenters. The van der Waals surface area contributed by atoms with Crippen LogP contribution in [-0.2, 0) is 4.79 Å². The molecule has 0 radical (unpaired) electrons. The van der Waals surface area contributed by atoms with E-state index in [0.717, 1.165) is 32.4 Å². The molecule has 2 aliphatic rings. The molecular formula is C12H21N3O3. The summed E-state index contributed by atoms with van der Waals surface area (Å²) in [4.78, 5) is 22.5. The molecule has 1 aliphatic heterocycles. The maximum absolute atomic E-state index is 11.7. The number of carboxylic acids is 1. The van der Waals surface area contributed by atoms with Crippen molar-refractivity contribution in [3.8, 4) is 0 Å². The number of nitrogens with zero attached hydrogens (tertiary/aromatic N) is 1. The van der Waals surface area contributed by atoms with E-state index in [0.29, 0.717) is 12.8 Å². The summed E-state index contributed by atoms with van der Waals surface area (Å²) in [6.07, 6.45) is 5.41. The Labute approximate surface area is 107 Å². The number of aliphatic carboxylic acids is 1. The summed E-state index contributed by atoms with van der Waals surface area (Å²) < 4.78 is 0. The van der Waals surface area contributed by atoms with E-state index in [4.69, 9.17) is 5.11 Å². The lowest BCUT2D eigenvalue weighted by molar-refractivity contribution is -0.141. The van der Waals surface area contributed by atoms with Gasteiger partial charge in [-0.2, -0.15) is 0 Å². The highest BCUT2D eigenvalue weighted by Crippen LogP contribution is 2.25. The van der Waals surface area contributed by atoms with E-state index in [1.54, 1.807) is 0 Å². The molecular weight excluding hydrogens is 234 g/mol. The Bertz CT molecular complexity index is 316. The Morgan fingerprint density at radius 3 is 2.44 bits per heavy atom. The molecule has 0 aromatic rings. The van der Waals surface area contributed by atoms with Crippen molar-refractivity contribution < 1.29 is 14.7 Å². The first-order valence-electron chi connectivity index (χ1n) is 6.70. The maximum atomic E-state index is 11.7. The zero-order valence-electron chi connectivity index (χ0n) is 10.5. The lowest BCUT2D eigenvalue weighted by Crippen LogP contribution is -2.51. The third kappa shape index (κ3) is 3.60. The maximum Gasteiger partial charge on any atom is 0.329 e. The predicted octanol–water partition coefficient (Wildman–Crippen LogP) is 0.940. The van der Waals surface area contributed by atoms with Gasteiger partial charge in [0.05, 0.1) is 5.92 Å². The van der Waals surface area contributed by atoms with Crippen molar-refractivity contribution in [2.75, 3.05) is 13.1 Å². The minimum absolute atomic E-state index is 0.00381. The van der Waals surface area contributed by atoms with Crippen molar-refractivity contribution in [2.45, 2.75) is 44.6 Å². The van der Waals surface area contributed by atoms with Crippen LogP contribution in [-0.4, -0.2) is 41.2 Å². The average Bonchev–Trinajstić information content (AvgIpc) is 2.78. The first kappa shape index (κ1) is 13.1. The lowest BCUT2D eigenvalue weighted by Gasteiger charge is -2.27. The van der Waals surface area contributed by atoms with Crippen molar-refractivity contribution >= 4 is 12.0 Å². The van der Waals surface area contributed by atoms with E-state index >= 15 is 0 Å². The van der Waals surface area contributed by atoms with Crippen LogP contribution in [0.25, 0.3) is 0 Å². The average molecular weight is 255 g/mol. The summed E-state index contributed by atoms with van der Waals surface area (Å²) in [5.74, 6) is -1.05. The molecule has 1 aliphatic carbocycles. The third-order valence-corrected chi connectivity index (χ3v) is 3.73. The number of carbonyl (C=O) groups excluding carboxylic acids is 1. The van der Waals surface area contributed by atoms with Crippen molar-refractivity contribution in [1.82, 2.24) is 15.8 Å². The van der Waals surface area contributed by atoms with Gasteiger partial charge in [0.1, 0.15) is 0 Å². The number of hydrazine groups is 1. The van der Waals surface area contributed by atoms with Crippen LogP contribution in [0, 0.1) is 5.92 Å². The number of piperidine rings is 1. The molecule has 6 nitrogen and oxygen atoms in total. The van der Waals surface area contributed by atoms with Crippen LogP contribution in [0.1, 0.15) is 38.5 Å². The van der Waals surface area contributed by atoms with Gasteiger partial charge in [0.25, 0.3) is 0 Å². The zero-order chi connectivity index (χ0) is 13.0. The molecule has 2 fully saturated rings. The normalized spacial score (nSPS) is 28.9. The fraction of sp³-hybridized carbons (Fsp3) is 0.833. The van der Waals surface area contributed by atoms with Gasteiger partial charge in [-0.25, -0.2) is 9.80 Å². The fourth-order valence-electron chi connectivity index (χ4n) is 2.70. The fourth-order valence-corrected chi connectivity index (χ4v) is 2.70. The molecule has 0 aromatic heterocycles. The molecule has 2 rings (SSSR count). The number of hydrogen-bond acceptors (Lipinski definition) is 3. The second-order valence-corrected chi connectivity index (χ2v) is 5.18. The SMILES string of the molecule is O=C(NC1CCC(C(=O)O)C1)NN1CCCCC1. The Morgan fingerprint density at radius 2 is 1.83 bits per heavy atom. The second kappa shape index (κ2) is 6.04. The van der Waals surface area contributed by atoms with Crippen molar-refractivity contribution in [2.24, 2.45) is 5.92 Å². The van der Waals surface area contributed by atoms with Crippen LogP contribution < -0.4 is 10.7 Å². The molecule has 0 aromatic carbocycles. The number of carboxylic acid groups (broad SMARTS) is 1. The standard InChI is InChI=1S/C12H21N3O3/c16-11(17)9-4-5-10(8-9)13-12(18)14-15-6-2-1-3-7-15/h9-10H,1-8H2,(H,16,17)(H2,13,14,18). The van der Waals surface area contributed by atoms with Crippen LogP contribution in [0.5, 0.6) is 0 Å². The summed E-state index contributed by atoms with van der Waals surface area (Å²) in [6, 6.07) is -0.205. The molecule has 102 valence electrons. The first-order chi connectivity index (χ1) is 8.65. The minimum Gasteiger partial charge on any atom is -0.481 e. The highest BCUT2D eigenvalue weighted by Gasteiger charge is 2.30. The van der Waals surface area contributed by atoms with Gasteiger partial charge in [0, 0.05) is 19.1 Å². The smallest absolute Gasteiger partial charge is 0.329 e. The van der Waals surface area contributed by atoms with Gasteiger partial charge in [0.2, 0.25) is 0 Å². The largest absolute Gasteiger partial charge is 0.481 e. The Hall–Kier alpha value is -1.30. The molecule has 1 saturated carbocycles. The van der Waals surface area contributed by atoms with Crippen LogP contribution in [0.4, 0.5) is 4.79 Å². The van der Waals surface area contributed by atoms with Gasteiger partial charge < -0.3 is 10.4 Å². The molecule has 1 heterocycles. The number of nitrogens with one attached hydrogen (secondary N) is 2. The summed E-state index contributed by atoms with van der Waals surface area (Å²) in [7, 11) is 0. The van der Waals surface area contributed by atoms with Gasteiger partial charge in [-0.3, -0.25) is 10.2 Å². The summed E-state index contributed by atoms with van der Waals surface area (Å²) >= 11 is 0. The Balaban J connectivity index is 1.69. The monoisotopic (exact) mass is 255 g/mol. The van der Waals surface area contributed by atoms with Gasteiger partial charge in [-0.05, 0) is 32.1 Å². The molecule has 0 spiro atoms. The van der Waals surface area contributed by atoms with Gasteiger partial charge >= 0.3 is 12.0 Å². The summed E-state index contributed by atoms with van der Waals surface area (Å²) in [5, 5.41) is 13.7. The number of hydrogen-bond donors (Lipinski definition) is 3. The van der Waals surface area contributed by atoms with Crippen molar-refractivity contribution in [3.63, 3.8) is 0 Å². The minimum atomic E-state index is -0.754. The van der Waals surface area contributed by atoms with E-state index in [1.165, 1.54) is 6.42 Å². The van der Waals surface area contributed by atoms with E-state index in [-0.39, 0.29) is 18.0 Å². The van der Waals surface area contributed by atoms with Crippen LogP contribution in [0.2, 0.25) is 0 Å². The van der Waals surface area contributed by atoms with E-state index in [1.807, 2.05) is 5.01 Å². The van der Waals surface area contributed by atoms with Crippen LogP contribution >= 0.6 is 0 Å². The molecule has 1 saturated heterocycles. The number of carbonyl (C=O) groups is 2. The topological polar surface area (TPSA) is 81.7 Å². The van der Waals surface area contributed by atoms with Crippen molar-refractivity contribution in [1.29, 1.82) is 0 Å². The molecule has 0 bridgehead atoms. The zero-order valence-corrected chi connectivity index (χ0v) is 10.5. The Kier molecular flexibility index (Phi) is 4.41. The number of rotatable bonds is 3. The summed E-state index contributed by atoms with van der Waals surface area (Å²) in [6.45, 7) is 1.80. The second-order valence-electron chi connectivity index (χ2n) is 5.18. The van der Waals surface area contributed by atoms with Gasteiger partial charge in [-0.1, -0.05) is 6.42 Å². The van der Waals surface area contributed by atoms with Gasteiger partial charge in [0.15, 0.2) is 0 Å². The van der Waals surface area contributed by atoms with E-state index in [2.05, 4.69) is 10.7 Å². The third-order valence-electron chi connectivity index (χ3n) is 3.73. The predicted molar refractivity (Wildman–Crippen MR) is 65.9 cm³/mol. The number of amides is 2. The van der Waals surface area contributed by atoms with Gasteiger partial charge in [-0.15, -0.1) is 0 Å². The Morgan fingerprint density at radius 1 is 1.11 bits per heavy atom. The lowest BCUT2D eigenvalue weighted by atomic mass is 10.1. The first-order valence-corrected chi connectivity index (χ1v) is 6.70. The highest BCUT2D eigenvalue weighted by molar-refractivity contribution is 5.74. The number of urea groups is 1. The summed E-state index contributed by atoms with van der Waals surface area (Å²) in [5.41, 5.74) is 2.83. The molecule has 2 unspecified atom stereocenters. The van der Waals surface area contributed by atoms with Crippen LogP contribution in [0.15, 0.2) is 0 Å². The molecule has 6 heteroatoms. The highest BCUT2D eigenvalue weighted by atomic mass is 16.4. The van der Waals surface area contributed by atoms with Crippen LogP contribution in [0.3, 0.4) is 0 Å². The van der Waals surface area contributed by atoms with Crippen molar-refractivity contribution in [3.05, 3.63) is 0 Å².